The van der Waals surface area contributed by atoms with E-state index in [0.717, 1.165) is 29.0 Å². The predicted molar refractivity (Wildman–Crippen MR) is 90.3 cm³/mol. The van der Waals surface area contributed by atoms with Crippen LogP contribution >= 0.6 is 0 Å². The standard InChI is InChI=1S/C18H17N5/c1-3-22(10-6-9-19)17-11-13(2)14(12-20)18-21-15-7-4-5-8-16(15)23(17)18/h4-5,7-8,11H,3,6,10H2,1-2H3. The molecule has 0 N–H and O–H groups in total. The Morgan fingerprint density at radius 2 is 2.04 bits per heavy atom. The molecule has 0 amide bonds. The van der Waals surface area contributed by atoms with E-state index in [1.807, 2.05) is 41.7 Å². The topological polar surface area (TPSA) is 68.1 Å². The molecule has 0 aliphatic carbocycles. The number of fused-ring (bicyclic) bond motifs is 3. The molecule has 0 aliphatic heterocycles. The summed E-state index contributed by atoms with van der Waals surface area (Å²) in [5, 5.41) is 18.4. The monoisotopic (exact) mass is 303 g/mol. The zero-order chi connectivity index (χ0) is 16.4. The second kappa shape index (κ2) is 5.98. The average molecular weight is 303 g/mol. The summed E-state index contributed by atoms with van der Waals surface area (Å²) in [5.74, 6) is 0.975. The van der Waals surface area contributed by atoms with Crippen LogP contribution < -0.4 is 4.90 Å². The first kappa shape index (κ1) is 14.9. The van der Waals surface area contributed by atoms with Crippen LogP contribution in [0.4, 0.5) is 5.82 Å². The second-order valence-corrected chi connectivity index (χ2v) is 5.42. The fourth-order valence-corrected chi connectivity index (χ4v) is 2.92. The predicted octanol–water partition coefficient (Wildman–Crippen LogP) is 3.41. The molecule has 0 saturated carbocycles. The Hall–Kier alpha value is -3.05. The SMILES string of the molecule is CCN(CCC#N)c1cc(C)c(C#N)c2nc3ccccc3n12. The maximum absolute atomic E-state index is 9.51. The smallest absolute Gasteiger partial charge is 0.157 e. The third-order valence-corrected chi connectivity index (χ3v) is 4.06. The van der Waals surface area contributed by atoms with Crippen LogP contribution in [0, 0.1) is 29.6 Å². The Morgan fingerprint density at radius 3 is 2.74 bits per heavy atom. The van der Waals surface area contributed by atoms with Gasteiger partial charge >= 0.3 is 0 Å². The summed E-state index contributed by atoms with van der Waals surface area (Å²) in [6.45, 7) is 5.43. The summed E-state index contributed by atoms with van der Waals surface area (Å²) in [7, 11) is 0. The van der Waals surface area contributed by atoms with Crippen molar-refractivity contribution in [2.75, 3.05) is 18.0 Å². The highest BCUT2D eigenvalue weighted by atomic mass is 15.2. The molecule has 1 aromatic carbocycles. The second-order valence-electron chi connectivity index (χ2n) is 5.42. The third kappa shape index (κ3) is 2.37. The normalized spacial score (nSPS) is 10.6. The highest BCUT2D eigenvalue weighted by Gasteiger charge is 2.17. The van der Waals surface area contributed by atoms with Crippen molar-refractivity contribution in [1.29, 1.82) is 10.5 Å². The van der Waals surface area contributed by atoms with Crippen molar-refractivity contribution in [1.82, 2.24) is 9.38 Å². The molecular formula is C18H17N5. The molecule has 0 bridgehead atoms. The highest BCUT2D eigenvalue weighted by Crippen LogP contribution is 2.28. The van der Waals surface area contributed by atoms with Crippen molar-refractivity contribution in [3.63, 3.8) is 0 Å². The molecule has 3 rings (SSSR count). The molecule has 0 aliphatic rings. The average Bonchev–Trinajstić information content (AvgIpc) is 2.94. The van der Waals surface area contributed by atoms with E-state index in [1.165, 1.54) is 0 Å². The number of para-hydroxylation sites is 2. The number of aryl methyl sites for hydroxylation is 1. The molecule has 0 spiro atoms. The van der Waals surface area contributed by atoms with Crippen LogP contribution in [0.25, 0.3) is 16.7 Å². The van der Waals surface area contributed by atoms with Crippen LogP contribution in [0.15, 0.2) is 30.3 Å². The molecule has 0 unspecified atom stereocenters. The lowest BCUT2D eigenvalue weighted by atomic mass is 10.1. The van der Waals surface area contributed by atoms with Crippen molar-refractivity contribution >= 4 is 22.5 Å². The van der Waals surface area contributed by atoms with Gasteiger partial charge in [0.2, 0.25) is 0 Å². The van der Waals surface area contributed by atoms with Crippen molar-refractivity contribution in [2.24, 2.45) is 0 Å². The number of hydrogen-bond donors (Lipinski definition) is 0. The lowest BCUT2D eigenvalue weighted by Crippen LogP contribution is -2.26. The van der Waals surface area contributed by atoms with Gasteiger partial charge < -0.3 is 4.90 Å². The lowest BCUT2D eigenvalue weighted by molar-refractivity contribution is 0.804. The Bertz CT molecular complexity index is 955. The van der Waals surface area contributed by atoms with Crippen LogP contribution in [0.1, 0.15) is 24.5 Å². The largest absolute Gasteiger partial charge is 0.357 e. The van der Waals surface area contributed by atoms with E-state index in [-0.39, 0.29) is 0 Å². The fourth-order valence-electron chi connectivity index (χ4n) is 2.92. The summed E-state index contributed by atoms with van der Waals surface area (Å²) in [6.07, 6.45) is 0.459. The number of hydrogen-bond acceptors (Lipinski definition) is 4. The molecule has 23 heavy (non-hydrogen) atoms. The third-order valence-electron chi connectivity index (χ3n) is 4.06. The summed E-state index contributed by atoms with van der Waals surface area (Å²) in [6, 6.07) is 14.4. The van der Waals surface area contributed by atoms with Crippen molar-refractivity contribution in [2.45, 2.75) is 20.3 Å². The summed E-state index contributed by atoms with van der Waals surface area (Å²) in [5.41, 5.74) is 4.03. The van der Waals surface area contributed by atoms with Crippen LogP contribution in [-0.2, 0) is 0 Å². The van der Waals surface area contributed by atoms with Crippen LogP contribution in [-0.4, -0.2) is 22.5 Å². The van der Waals surface area contributed by atoms with Gasteiger partial charge in [-0.15, -0.1) is 0 Å². The summed E-state index contributed by atoms with van der Waals surface area (Å²) >= 11 is 0. The van der Waals surface area contributed by atoms with Gasteiger partial charge in [0.05, 0.1) is 29.1 Å². The summed E-state index contributed by atoms with van der Waals surface area (Å²) in [4.78, 5) is 6.80. The van der Waals surface area contributed by atoms with E-state index in [1.54, 1.807) is 0 Å². The quantitative estimate of drug-likeness (QED) is 0.740. The molecule has 2 aromatic heterocycles. The number of rotatable bonds is 4. The molecule has 0 atom stereocenters. The first-order valence-corrected chi connectivity index (χ1v) is 7.64. The maximum atomic E-state index is 9.51. The van der Waals surface area contributed by atoms with Crippen LogP contribution in [0.2, 0.25) is 0 Å². The van der Waals surface area contributed by atoms with Gasteiger partial charge in [0.1, 0.15) is 11.9 Å². The van der Waals surface area contributed by atoms with Gasteiger partial charge in [-0.2, -0.15) is 10.5 Å². The Kier molecular flexibility index (Phi) is 3.87. The molecule has 0 saturated heterocycles. The van der Waals surface area contributed by atoms with Gasteiger partial charge in [-0.3, -0.25) is 4.40 Å². The van der Waals surface area contributed by atoms with Crippen molar-refractivity contribution in [3.05, 3.63) is 41.5 Å². The molecule has 2 heterocycles. The lowest BCUT2D eigenvalue weighted by Gasteiger charge is -2.24. The Balaban J connectivity index is 2.37. The van der Waals surface area contributed by atoms with E-state index >= 15 is 0 Å². The molecular weight excluding hydrogens is 286 g/mol. The van der Waals surface area contributed by atoms with E-state index < -0.39 is 0 Å². The Labute approximate surface area is 135 Å². The van der Waals surface area contributed by atoms with Gasteiger partial charge in [-0.05, 0) is 37.6 Å². The number of pyridine rings is 1. The number of nitrogens with zero attached hydrogens (tertiary/aromatic N) is 5. The molecule has 3 aromatic rings. The zero-order valence-electron chi connectivity index (χ0n) is 13.2. The van der Waals surface area contributed by atoms with Gasteiger partial charge in [0.15, 0.2) is 5.65 Å². The number of nitriles is 2. The van der Waals surface area contributed by atoms with Crippen LogP contribution in [0.3, 0.4) is 0 Å². The molecule has 0 fully saturated rings. The molecule has 5 heteroatoms. The Morgan fingerprint density at radius 1 is 1.26 bits per heavy atom. The number of aromatic nitrogens is 2. The minimum Gasteiger partial charge on any atom is -0.357 e. The molecule has 0 radical (unpaired) electrons. The molecule has 5 nitrogen and oxygen atoms in total. The van der Waals surface area contributed by atoms with E-state index in [9.17, 15) is 5.26 Å². The van der Waals surface area contributed by atoms with Gasteiger partial charge in [0.25, 0.3) is 0 Å². The highest BCUT2D eigenvalue weighted by molar-refractivity contribution is 5.85. The number of imidazole rings is 1. The minimum absolute atomic E-state index is 0.459. The van der Waals surface area contributed by atoms with Gasteiger partial charge in [0, 0.05) is 13.1 Å². The first-order valence-electron chi connectivity index (χ1n) is 7.64. The van der Waals surface area contributed by atoms with E-state index in [2.05, 4.69) is 28.9 Å². The van der Waals surface area contributed by atoms with Gasteiger partial charge in [-0.25, -0.2) is 4.98 Å². The maximum Gasteiger partial charge on any atom is 0.157 e. The van der Waals surface area contributed by atoms with Crippen LogP contribution in [0.5, 0.6) is 0 Å². The van der Waals surface area contributed by atoms with Crippen molar-refractivity contribution < 1.29 is 0 Å². The van der Waals surface area contributed by atoms with E-state index in [0.29, 0.717) is 24.2 Å². The minimum atomic E-state index is 0.459. The van der Waals surface area contributed by atoms with E-state index in [4.69, 9.17) is 5.26 Å². The molecule has 114 valence electrons. The summed E-state index contributed by atoms with van der Waals surface area (Å²) < 4.78 is 2.03. The number of benzene rings is 1. The number of anilines is 1. The zero-order valence-corrected chi connectivity index (χ0v) is 13.2. The van der Waals surface area contributed by atoms with Crippen molar-refractivity contribution in [3.8, 4) is 12.1 Å². The van der Waals surface area contributed by atoms with Gasteiger partial charge in [-0.1, -0.05) is 12.1 Å². The fraction of sp³-hybridized carbons (Fsp3) is 0.278. The first-order chi connectivity index (χ1) is 11.2.